The quantitative estimate of drug-likeness (QED) is 0.534. The van der Waals surface area contributed by atoms with Gasteiger partial charge in [0.15, 0.2) is 0 Å². The molecule has 0 saturated carbocycles. The normalized spacial score (nSPS) is 15.9. The van der Waals surface area contributed by atoms with Crippen LogP contribution in [-0.4, -0.2) is 40.7 Å². The average molecular weight is 427 g/mol. The molecule has 0 aliphatic carbocycles. The predicted molar refractivity (Wildman–Crippen MR) is 124 cm³/mol. The third-order valence-corrected chi connectivity index (χ3v) is 6.92. The van der Waals surface area contributed by atoms with Crippen LogP contribution in [-0.2, 0) is 16.0 Å². The molecule has 0 unspecified atom stereocenters. The van der Waals surface area contributed by atoms with Gasteiger partial charge >= 0.3 is 0 Å². The van der Waals surface area contributed by atoms with Gasteiger partial charge in [-0.3, -0.25) is 9.59 Å². The van der Waals surface area contributed by atoms with E-state index in [4.69, 9.17) is 0 Å². The maximum absolute atomic E-state index is 13.5. The summed E-state index contributed by atoms with van der Waals surface area (Å²) in [5, 5.41) is 2.12. The molecule has 1 aliphatic heterocycles. The zero-order valence-corrected chi connectivity index (χ0v) is 19.5. The van der Waals surface area contributed by atoms with Gasteiger partial charge in [0.05, 0.1) is 6.04 Å². The van der Waals surface area contributed by atoms with Crippen molar-refractivity contribution in [3.05, 3.63) is 57.3 Å². The second-order valence-electron chi connectivity index (χ2n) is 8.52. The van der Waals surface area contributed by atoms with Crippen LogP contribution in [0.3, 0.4) is 0 Å². The Bertz CT molecular complexity index is 856. The lowest BCUT2D eigenvalue weighted by molar-refractivity contribution is -0.143. The molecule has 0 fully saturated rings. The van der Waals surface area contributed by atoms with E-state index >= 15 is 0 Å². The fourth-order valence-corrected chi connectivity index (χ4v) is 5.06. The van der Waals surface area contributed by atoms with Gasteiger partial charge in [0, 0.05) is 23.9 Å². The third-order valence-electron chi connectivity index (χ3n) is 5.92. The number of hydrogen-bond acceptors (Lipinski definition) is 3. The Hall–Kier alpha value is -2.14. The molecule has 1 aliphatic rings. The summed E-state index contributed by atoms with van der Waals surface area (Å²) in [4.78, 5) is 31.3. The largest absolute Gasteiger partial charge is 0.331 e. The highest BCUT2D eigenvalue weighted by Gasteiger charge is 2.34. The van der Waals surface area contributed by atoms with Gasteiger partial charge in [-0.25, -0.2) is 0 Å². The van der Waals surface area contributed by atoms with Gasteiger partial charge in [-0.1, -0.05) is 49.6 Å². The summed E-state index contributed by atoms with van der Waals surface area (Å²) in [6.45, 7) is 9.05. The van der Waals surface area contributed by atoms with Gasteiger partial charge in [-0.15, -0.1) is 11.3 Å². The Morgan fingerprint density at radius 1 is 1.17 bits per heavy atom. The van der Waals surface area contributed by atoms with Crippen LogP contribution in [0, 0.1) is 6.92 Å². The molecule has 30 heavy (non-hydrogen) atoms. The van der Waals surface area contributed by atoms with Crippen molar-refractivity contribution in [3.8, 4) is 0 Å². The Morgan fingerprint density at radius 3 is 2.57 bits per heavy atom. The van der Waals surface area contributed by atoms with E-state index in [-0.39, 0.29) is 30.4 Å². The zero-order chi connectivity index (χ0) is 21.7. The molecule has 0 radical (unpaired) electrons. The summed E-state index contributed by atoms with van der Waals surface area (Å²) in [5.41, 5.74) is 3.58. The van der Waals surface area contributed by atoms with Gasteiger partial charge < -0.3 is 9.80 Å². The number of fused-ring (bicyclic) bond motifs is 1. The van der Waals surface area contributed by atoms with E-state index in [1.165, 1.54) is 16.0 Å². The minimum atomic E-state index is -0.0719. The molecule has 1 aromatic carbocycles. The molecular weight excluding hydrogens is 392 g/mol. The number of hydrogen-bond donors (Lipinski definition) is 0. The number of unbranched alkanes of at least 4 members (excludes halogenated alkanes) is 2. The third kappa shape index (κ3) is 5.12. The maximum atomic E-state index is 13.5. The van der Waals surface area contributed by atoms with E-state index in [2.05, 4.69) is 49.6 Å². The van der Waals surface area contributed by atoms with E-state index in [0.29, 0.717) is 13.0 Å². The van der Waals surface area contributed by atoms with Crippen molar-refractivity contribution in [3.63, 3.8) is 0 Å². The molecule has 0 N–H and O–H groups in total. The molecule has 4 nitrogen and oxygen atoms in total. The molecule has 0 saturated heterocycles. The van der Waals surface area contributed by atoms with Crippen LogP contribution in [0.2, 0.25) is 0 Å². The lowest BCUT2D eigenvalue weighted by Crippen LogP contribution is -2.48. The second kappa shape index (κ2) is 10.3. The molecule has 3 rings (SSSR count). The van der Waals surface area contributed by atoms with Gasteiger partial charge in [-0.2, -0.15) is 0 Å². The number of carbonyl (C=O) groups is 2. The van der Waals surface area contributed by atoms with Gasteiger partial charge in [0.25, 0.3) is 0 Å². The van der Waals surface area contributed by atoms with Gasteiger partial charge in [0.2, 0.25) is 11.8 Å². The molecule has 1 atom stereocenters. The zero-order valence-electron chi connectivity index (χ0n) is 18.7. The first-order valence-corrected chi connectivity index (χ1v) is 12.0. The van der Waals surface area contributed by atoms with Crippen LogP contribution in [0.1, 0.15) is 74.1 Å². The van der Waals surface area contributed by atoms with E-state index in [1.807, 2.05) is 18.7 Å². The SMILES string of the molecule is CCCCCC(=O)N(CC(=O)N1CCc2sccc2[C@@H]1c1ccc(C)cc1)C(C)C. The number of thiophene rings is 1. The molecule has 0 bridgehead atoms. The highest BCUT2D eigenvalue weighted by atomic mass is 32.1. The summed E-state index contributed by atoms with van der Waals surface area (Å²) in [6, 6.07) is 10.6. The Balaban J connectivity index is 1.82. The Kier molecular flexibility index (Phi) is 7.70. The van der Waals surface area contributed by atoms with Crippen LogP contribution >= 0.6 is 11.3 Å². The first kappa shape index (κ1) is 22.5. The fraction of sp³-hybridized carbons (Fsp3) is 0.520. The number of amides is 2. The topological polar surface area (TPSA) is 40.6 Å². The summed E-state index contributed by atoms with van der Waals surface area (Å²) < 4.78 is 0. The number of aryl methyl sites for hydroxylation is 1. The van der Waals surface area contributed by atoms with E-state index in [9.17, 15) is 9.59 Å². The number of benzene rings is 1. The predicted octanol–water partition coefficient (Wildman–Crippen LogP) is 5.35. The smallest absolute Gasteiger partial charge is 0.243 e. The van der Waals surface area contributed by atoms with Crippen LogP contribution in [0.5, 0.6) is 0 Å². The summed E-state index contributed by atoms with van der Waals surface area (Å²) in [7, 11) is 0. The molecule has 1 aromatic heterocycles. The van der Waals surface area contributed by atoms with Crippen molar-refractivity contribution in [2.24, 2.45) is 0 Å². The van der Waals surface area contributed by atoms with Crippen molar-refractivity contribution in [2.75, 3.05) is 13.1 Å². The van der Waals surface area contributed by atoms with Crippen molar-refractivity contribution in [1.82, 2.24) is 9.80 Å². The highest BCUT2D eigenvalue weighted by Crippen LogP contribution is 2.38. The number of nitrogens with zero attached hydrogens (tertiary/aromatic N) is 2. The monoisotopic (exact) mass is 426 g/mol. The summed E-state index contributed by atoms with van der Waals surface area (Å²) in [5.74, 6) is 0.127. The van der Waals surface area contributed by atoms with Crippen molar-refractivity contribution >= 4 is 23.2 Å². The average Bonchev–Trinajstić information content (AvgIpc) is 3.20. The van der Waals surface area contributed by atoms with Crippen LogP contribution in [0.15, 0.2) is 35.7 Å². The van der Waals surface area contributed by atoms with Gasteiger partial charge in [-0.05, 0) is 56.2 Å². The standard InChI is InChI=1S/C25H34N2O2S/c1-5-6-7-8-23(28)27(18(2)3)17-24(29)26-15-13-22-21(14-16-30-22)25(26)20-11-9-19(4)10-12-20/h9-12,14,16,18,25H,5-8,13,15,17H2,1-4H3/t25-/m0/s1. The number of rotatable bonds is 8. The fourth-order valence-electron chi connectivity index (χ4n) is 4.16. The lowest BCUT2D eigenvalue weighted by atomic mass is 9.92. The van der Waals surface area contributed by atoms with Crippen LogP contribution in [0.25, 0.3) is 0 Å². The maximum Gasteiger partial charge on any atom is 0.243 e. The molecular formula is C25H34N2O2S. The molecule has 5 heteroatoms. The number of carbonyl (C=O) groups excluding carboxylic acids is 2. The van der Waals surface area contributed by atoms with E-state index < -0.39 is 0 Å². The minimum absolute atomic E-state index is 0.0161. The minimum Gasteiger partial charge on any atom is -0.331 e. The van der Waals surface area contributed by atoms with E-state index in [1.54, 1.807) is 16.2 Å². The molecule has 2 aromatic rings. The first-order valence-electron chi connectivity index (χ1n) is 11.1. The van der Waals surface area contributed by atoms with Crippen molar-refractivity contribution in [1.29, 1.82) is 0 Å². The second-order valence-corrected chi connectivity index (χ2v) is 9.52. The van der Waals surface area contributed by atoms with Crippen molar-refractivity contribution in [2.45, 2.75) is 71.9 Å². The Morgan fingerprint density at radius 2 is 1.90 bits per heavy atom. The van der Waals surface area contributed by atoms with Gasteiger partial charge in [0.1, 0.15) is 6.54 Å². The molecule has 2 amide bonds. The highest BCUT2D eigenvalue weighted by molar-refractivity contribution is 7.10. The van der Waals surface area contributed by atoms with Crippen LogP contribution in [0.4, 0.5) is 0 Å². The van der Waals surface area contributed by atoms with E-state index in [0.717, 1.165) is 31.2 Å². The first-order chi connectivity index (χ1) is 14.4. The summed E-state index contributed by atoms with van der Waals surface area (Å²) >= 11 is 1.77. The lowest BCUT2D eigenvalue weighted by Gasteiger charge is -2.38. The molecule has 0 spiro atoms. The summed E-state index contributed by atoms with van der Waals surface area (Å²) in [6.07, 6.45) is 4.43. The van der Waals surface area contributed by atoms with Crippen LogP contribution < -0.4 is 0 Å². The Labute approximate surface area is 184 Å². The van der Waals surface area contributed by atoms with Crippen molar-refractivity contribution < 1.29 is 9.59 Å². The molecule has 2 heterocycles. The molecule has 162 valence electrons.